The average molecular weight is 373 g/mol. The maximum atomic E-state index is 12.1. The van der Waals surface area contributed by atoms with Gasteiger partial charge in [-0.25, -0.2) is 4.98 Å². The monoisotopic (exact) mass is 373 g/mol. The summed E-state index contributed by atoms with van der Waals surface area (Å²) in [6.07, 6.45) is 0. The van der Waals surface area contributed by atoms with Crippen LogP contribution in [0.4, 0.5) is 10.8 Å². The van der Waals surface area contributed by atoms with E-state index in [-0.39, 0.29) is 5.91 Å². The van der Waals surface area contributed by atoms with E-state index >= 15 is 0 Å². The van der Waals surface area contributed by atoms with E-state index in [0.29, 0.717) is 15.7 Å². The molecule has 1 aromatic heterocycles. The van der Waals surface area contributed by atoms with E-state index in [9.17, 15) is 4.79 Å². The summed E-state index contributed by atoms with van der Waals surface area (Å²) in [6, 6.07) is 5.87. The maximum Gasteiger partial charge on any atom is 0.267 e. The smallest absolute Gasteiger partial charge is 0.267 e. The van der Waals surface area contributed by atoms with Crippen LogP contribution < -0.4 is 11.1 Å². The van der Waals surface area contributed by atoms with Crippen LogP contribution in [0.15, 0.2) is 18.2 Å². The number of hydrogen-bond donors (Lipinski definition) is 2. The zero-order chi connectivity index (χ0) is 13.3. The number of amides is 1. The fourth-order valence-electron chi connectivity index (χ4n) is 1.57. The van der Waals surface area contributed by atoms with Gasteiger partial charge in [0.05, 0.1) is 5.69 Å². The number of halogens is 1. The van der Waals surface area contributed by atoms with Gasteiger partial charge >= 0.3 is 0 Å². The third kappa shape index (κ3) is 2.81. The molecule has 4 nitrogen and oxygen atoms in total. The van der Waals surface area contributed by atoms with Gasteiger partial charge in [-0.15, -0.1) is 0 Å². The fraction of sp³-hybridized carbons (Fsp3) is 0.167. The zero-order valence-electron chi connectivity index (χ0n) is 9.95. The van der Waals surface area contributed by atoms with Gasteiger partial charge in [-0.3, -0.25) is 4.79 Å². The number of carbonyl (C=O) groups is 1. The highest BCUT2D eigenvalue weighted by molar-refractivity contribution is 14.1. The zero-order valence-corrected chi connectivity index (χ0v) is 12.9. The Labute approximate surface area is 123 Å². The van der Waals surface area contributed by atoms with Gasteiger partial charge in [0.2, 0.25) is 0 Å². The highest BCUT2D eigenvalue weighted by atomic mass is 127. The molecule has 1 heterocycles. The Bertz CT molecular complexity index is 609. The maximum absolute atomic E-state index is 12.1. The third-order valence-electron chi connectivity index (χ3n) is 2.46. The van der Waals surface area contributed by atoms with Crippen LogP contribution in [0.1, 0.15) is 20.9 Å². The van der Waals surface area contributed by atoms with E-state index in [4.69, 9.17) is 5.73 Å². The first-order chi connectivity index (χ1) is 8.47. The van der Waals surface area contributed by atoms with Crippen molar-refractivity contribution in [3.63, 3.8) is 0 Å². The molecule has 1 amide bonds. The first-order valence-electron chi connectivity index (χ1n) is 5.28. The van der Waals surface area contributed by atoms with Gasteiger partial charge in [-0.2, -0.15) is 0 Å². The largest absolute Gasteiger partial charge is 0.375 e. The molecule has 3 N–H and O–H groups in total. The van der Waals surface area contributed by atoms with Crippen LogP contribution in [-0.4, -0.2) is 10.9 Å². The lowest BCUT2D eigenvalue weighted by Crippen LogP contribution is -2.12. The van der Waals surface area contributed by atoms with Crippen molar-refractivity contribution in [2.45, 2.75) is 13.8 Å². The molecule has 0 saturated carbocycles. The van der Waals surface area contributed by atoms with E-state index in [2.05, 4.69) is 32.9 Å². The highest BCUT2D eigenvalue weighted by Gasteiger charge is 2.14. The number of nitrogens with two attached hydrogens (primary N) is 1. The van der Waals surface area contributed by atoms with Crippen LogP contribution >= 0.6 is 33.9 Å². The van der Waals surface area contributed by atoms with Crippen molar-refractivity contribution < 1.29 is 4.79 Å². The van der Waals surface area contributed by atoms with Gasteiger partial charge in [0, 0.05) is 9.26 Å². The average Bonchev–Trinajstić information content (AvgIpc) is 2.62. The Morgan fingerprint density at radius 3 is 2.72 bits per heavy atom. The summed E-state index contributed by atoms with van der Waals surface area (Å²) < 4.78 is 1.14. The van der Waals surface area contributed by atoms with Crippen molar-refractivity contribution in [1.29, 1.82) is 0 Å². The second kappa shape index (κ2) is 5.23. The summed E-state index contributed by atoms with van der Waals surface area (Å²) in [7, 11) is 0. The van der Waals surface area contributed by atoms with Gasteiger partial charge in [0.25, 0.3) is 5.91 Å². The van der Waals surface area contributed by atoms with Crippen molar-refractivity contribution in [1.82, 2.24) is 4.98 Å². The number of carbonyl (C=O) groups excluding carboxylic acids is 1. The predicted molar refractivity (Wildman–Crippen MR) is 83.1 cm³/mol. The highest BCUT2D eigenvalue weighted by Crippen LogP contribution is 2.23. The lowest BCUT2D eigenvalue weighted by molar-refractivity contribution is 0.102. The van der Waals surface area contributed by atoms with Crippen molar-refractivity contribution in [3.8, 4) is 0 Å². The molecule has 0 unspecified atom stereocenters. The molecule has 0 aliphatic heterocycles. The van der Waals surface area contributed by atoms with Gasteiger partial charge in [-0.1, -0.05) is 11.3 Å². The van der Waals surface area contributed by atoms with Crippen LogP contribution in [0.5, 0.6) is 0 Å². The molecule has 2 aromatic rings. The molecule has 2 rings (SSSR count). The standard InChI is InChI=1S/C12H12IN3OS/c1-6-5-8(13)3-4-9(6)16-11(17)10-7(2)15-12(14)18-10/h3-5H,1-2H3,(H2,14,15)(H,16,17). The van der Waals surface area contributed by atoms with Gasteiger partial charge in [-0.05, 0) is 60.2 Å². The number of anilines is 2. The Hall–Kier alpha value is -1.15. The molecule has 94 valence electrons. The molecular formula is C12H12IN3OS. The summed E-state index contributed by atoms with van der Waals surface area (Å²) in [4.78, 5) is 16.7. The van der Waals surface area contributed by atoms with Crippen molar-refractivity contribution in [2.75, 3.05) is 11.1 Å². The number of benzene rings is 1. The molecule has 0 atom stereocenters. The van der Waals surface area contributed by atoms with E-state index in [0.717, 1.165) is 14.8 Å². The normalized spacial score (nSPS) is 10.4. The lowest BCUT2D eigenvalue weighted by Gasteiger charge is -2.07. The summed E-state index contributed by atoms with van der Waals surface area (Å²) in [5, 5.41) is 3.29. The molecule has 0 fully saturated rings. The minimum absolute atomic E-state index is 0.161. The summed E-state index contributed by atoms with van der Waals surface area (Å²) in [5.74, 6) is -0.161. The minimum Gasteiger partial charge on any atom is -0.375 e. The summed E-state index contributed by atoms with van der Waals surface area (Å²) in [6.45, 7) is 3.74. The van der Waals surface area contributed by atoms with Crippen LogP contribution in [0.25, 0.3) is 0 Å². The number of thiazole rings is 1. The molecule has 0 aliphatic rings. The fourth-order valence-corrected chi connectivity index (χ4v) is 2.95. The van der Waals surface area contributed by atoms with Crippen LogP contribution in [-0.2, 0) is 0 Å². The number of rotatable bonds is 2. The van der Waals surface area contributed by atoms with Gasteiger partial charge in [0.15, 0.2) is 5.13 Å². The van der Waals surface area contributed by atoms with Crippen molar-refractivity contribution in [3.05, 3.63) is 37.9 Å². The molecule has 6 heteroatoms. The first kappa shape index (κ1) is 13.3. The SMILES string of the molecule is Cc1cc(I)ccc1NC(=O)c1sc(N)nc1C. The quantitative estimate of drug-likeness (QED) is 0.795. The third-order valence-corrected chi connectivity index (χ3v) is 4.11. The number of nitrogens with zero attached hydrogens (tertiary/aromatic N) is 1. The molecule has 0 aliphatic carbocycles. The van der Waals surface area contributed by atoms with E-state index < -0.39 is 0 Å². The number of aryl methyl sites for hydroxylation is 2. The van der Waals surface area contributed by atoms with Crippen LogP contribution in [0.2, 0.25) is 0 Å². The molecule has 1 aromatic carbocycles. The van der Waals surface area contributed by atoms with E-state index in [1.165, 1.54) is 11.3 Å². The van der Waals surface area contributed by atoms with Crippen LogP contribution in [0.3, 0.4) is 0 Å². The predicted octanol–water partition coefficient (Wildman–Crippen LogP) is 3.20. The van der Waals surface area contributed by atoms with Gasteiger partial charge < -0.3 is 11.1 Å². The Kier molecular flexibility index (Phi) is 3.86. The summed E-state index contributed by atoms with van der Waals surface area (Å²) >= 11 is 3.44. The van der Waals surface area contributed by atoms with E-state index in [1.807, 2.05) is 25.1 Å². The Morgan fingerprint density at radius 1 is 1.44 bits per heavy atom. The van der Waals surface area contributed by atoms with Crippen molar-refractivity contribution >= 4 is 50.7 Å². The summed E-state index contributed by atoms with van der Waals surface area (Å²) in [5.41, 5.74) is 8.10. The Morgan fingerprint density at radius 2 is 2.17 bits per heavy atom. The number of nitrogen functional groups attached to an aromatic ring is 1. The second-order valence-corrected chi connectivity index (χ2v) is 6.16. The molecular weight excluding hydrogens is 361 g/mol. The topological polar surface area (TPSA) is 68.0 Å². The Balaban J connectivity index is 2.24. The van der Waals surface area contributed by atoms with Crippen molar-refractivity contribution in [2.24, 2.45) is 0 Å². The molecule has 0 radical (unpaired) electrons. The molecule has 0 bridgehead atoms. The van der Waals surface area contributed by atoms with E-state index in [1.54, 1.807) is 6.92 Å². The number of nitrogens with one attached hydrogen (secondary N) is 1. The molecule has 18 heavy (non-hydrogen) atoms. The molecule has 0 spiro atoms. The van der Waals surface area contributed by atoms with Crippen LogP contribution in [0, 0.1) is 17.4 Å². The first-order valence-corrected chi connectivity index (χ1v) is 7.17. The minimum atomic E-state index is -0.161. The number of hydrogen-bond acceptors (Lipinski definition) is 4. The number of aromatic nitrogens is 1. The molecule has 0 saturated heterocycles. The van der Waals surface area contributed by atoms with Gasteiger partial charge in [0.1, 0.15) is 4.88 Å². The lowest BCUT2D eigenvalue weighted by atomic mass is 10.2. The second-order valence-electron chi connectivity index (χ2n) is 3.88.